The van der Waals surface area contributed by atoms with Gasteiger partial charge in [0.15, 0.2) is 0 Å². The predicted octanol–water partition coefficient (Wildman–Crippen LogP) is 1.30. The third-order valence-corrected chi connectivity index (χ3v) is 7.39. The summed E-state index contributed by atoms with van der Waals surface area (Å²) < 4.78 is 3.18. The first-order chi connectivity index (χ1) is 17.8. The topological polar surface area (TPSA) is 122 Å². The third kappa shape index (κ3) is 5.91. The number of amides is 3. The molecule has 11 nitrogen and oxygen atoms in total. The van der Waals surface area contributed by atoms with Gasteiger partial charge in [-0.15, -0.1) is 5.10 Å². The van der Waals surface area contributed by atoms with Crippen LogP contribution in [0.1, 0.15) is 68.0 Å². The molecule has 0 unspecified atom stereocenters. The standard InChI is InChI=1S/C26H37N7O4/c1-4-7-18(8-5-2)24(35)32-14-19-13-23(34)27-10-12-30(3)25(36)21-9-6-11-31(26(21)37)15-20-16-33(29-28-20)22(19)17-32/h6,9,11,16,18-19,22H,4-5,7-8,10,12-15,17H2,1-3H3,(H,27,34)/t19-,22+/m0/s1. The molecule has 2 atom stereocenters. The van der Waals surface area contributed by atoms with Crippen LogP contribution in [0.3, 0.4) is 0 Å². The lowest BCUT2D eigenvalue weighted by Crippen LogP contribution is -2.39. The number of hydrogen-bond donors (Lipinski definition) is 1. The first-order valence-electron chi connectivity index (χ1n) is 13.2. The lowest BCUT2D eigenvalue weighted by Gasteiger charge is -2.23. The van der Waals surface area contributed by atoms with Gasteiger partial charge in [-0.2, -0.15) is 0 Å². The summed E-state index contributed by atoms with van der Waals surface area (Å²) in [6, 6.07) is 2.98. The fourth-order valence-electron chi connectivity index (χ4n) is 5.41. The van der Waals surface area contributed by atoms with Crippen molar-refractivity contribution in [2.24, 2.45) is 11.8 Å². The maximum Gasteiger partial charge on any atom is 0.263 e. The van der Waals surface area contributed by atoms with Gasteiger partial charge < -0.3 is 19.7 Å². The molecule has 1 fully saturated rings. The fraction of sp³-hybridized carbons (Fsp3) is 0.615. The second-order valence-corrected chi connectivity index (χ2v) is 10.2. The number of likely N-dealkylation sites (tertiary alicyclic amines) is 1. The highest BCUT2D eigenvalue weighted by Gasteiger charge is 2.39. The lowest BCUT2D eigenvalue weighted by atomic mass is 9.96. The molecule has 4 heterocycles. The molecule has 0 saturated carbocycles. The van der Waals surface area contributed by atoms with E-state index < -0.39 is 11.5 Å². The number of aromatic nitrogens is 4. The number of fused-ring (bicyclic) bond motifs is 6. The molecule has 3 amide bonds. The molecule has 1 N–H and O–H groups in total. The van der Waals surface area contributed by atoms with Crippen molar-refractivity contribution in [3.8, 4) is 0 Å². The highest BCUT2D eigenvalue weighted by molar-refractivity contribution is 5.93. The number of likely N-dealkylation sites (N-methyl/N-ethyl adjacent to an activating group) is 1. The first kappa shape index (κ1) is 26.6. The predicted molar refractivity (Wildman–Crippen MR) is 137 cm³/mol. The van der Waals surface area contributed by atoms with Gasteiger partial charge >= 0.3 is 0 Å². The monoisotopic (exact) mass is 511 g/mol. The Bertz CT molecular complexity index is 1180. The highest BCUT2D eigenvalue weighted by atomic mass is 16.2. The zero-order chi connectivity index (χ0) is 26.5. The van der Waals surface area contributed by atoms with E-state index in [1.165, 1.54) is 15.5 Å². The van der Waals surface area contributed by atoms with Crippen molar-refractivity contribution < 1.29 is 14.4 Å². The van der Waals surface area contributed by atoms with Crippen LogP contribution >= 0.6 is 0 Å². The van der Waals surface area contributed by atoms with Gasteiger partial charge in [0, 0.05) is 57.7 Å². The van der Waals surface area contributed by atoms with E-state index in [1.54, 1.807) is 30.2 Å². The Labute approximate surface area is 216 Å². The summed E-state index contributed by atoms with van der Waals surface area (Å²) in [5, 5.41) is 11.5. The van der Waals surface area contributed by atoms with Crippen LogP contribution in [0, 0.1) is 11.8 Å². The molecule has 4 rings (SSSR count). The van der Waals surface area contributed by atoms with E-state index in [1.807, 2.05) is 4.90 Å². The van der Waals surface area contributed by atoms with Crippen LogP contribution in [0.25, 0.3) is 0 Å². The van der Waals surface area contributed by atoms with Crippen LogP contribution in [-0.2, 0) is 16.1 Å². The molecule has 1 saturated heterocycles. The minimum Gasteiger partial charge on any atom is -0.354 e. The quantitative estimate of drug-likeness (QED) is 0.646. The van der Waals surface area contributed by atoms with Crippen LogP contribution in [0.2, 0.25) is 0 Å². The van der Waals surface area contributed by atoms with Crippen LogP contribution in [0.5, 0.6) is 0 Å². The van der Waals surface area contributed by atoms with Gasteiger partial charge in [0.25, 0.3) is 11.5 Å². The molecule has 0 spiro atoms. The van der Waals surface area contributed by atoms with E-state index in [2.05, 4.69) is 29.5 Å². The molecule has 2 aromatic heterocycles. The normalized spacial score (nSPS) is 20.8. The number of pyridine rings is 1. The summed E-state index contributed by atoms with van der Waals surface area (Å²) >= 11 is 0. The van der Waals surface area contributed by atoms with E-state index in [-0.39, 0.29) is 61.3 Å². The van der Waals surface area contributed by atoms with Gasteiger partial charge in [-0.05, 0) is 25.0 Å². The van der Waals surface area contributed by atoms with Crippen molar-refractivity contribution >= 4 is 17.7 Å². The van der Waals surface area contributed by atoms with Gasteiger partial charge in [-0.25, -0.2) is 4.68 Å². The van der Waals surface area contributed by atoms with Crippen molar-refractivity contribution in [3.05, 3.63) is 46.1 Å². The van der Waals surface area contributed by atoms with Crippen molar-refractivity contribution in [1.29, 1.82) is 0 Å². The Hall–Kier alpha value is -3.50. The van der Waals surface area contributed by atoms with Crippen molar-refractivity contribution in [2.75, 3.05) is 33.2 Å². The molecule has 2 aliphatic rings. The van der Waals surface area contributed by atoms with E-state index in [0.717, 1.165) is 25.7 Å². The Kier molecular flexibility index (Phi) is 8.40. The van der Waals surface area contributed by atoms with Gasteiger partial charge in [-0.3, -0.25) is 19.2 Å². The summed E-state index contributed by atoms with van der Waals surface area (Å²) in [7, 11) is 1.61. The Morgan fingerprint density at radius 1 is 1.16 bits per heavy atom. The van der Waals surface area contributed by atoms with Crippen molar-refractivity contribution in [3.63, 3.8) is 0 Å². The van der Waals surface area contributed by atoms with Gasteiger partial charge in [0.2, 0.25) is 11.8 Å². The number of rotatable bonds is 5. The van der Waals surface area contributed by atoms with Crippen LogP contribution in [0.4, 0.5) is 0 Å². The number of carbonyl (C=O) groups is 3. The molecule has 11 heteroatoms. The maximum absolute atomic E-state index is 13.4. The van der Waals surface area contributed by atoms with Crippen LogP contribution in [0.15, 0.2) is 29.3 Å². The molecular weight excluding hydrogens is 474 g/mol. The second kappa shape index (κ2) is 11.7. The summed E-state index contributed by atoms with van der Waals surface area (Å²) in [5.41, 5.74) is 0.225. The zero-order valence-electron chi connectivity index (χ0n) is 21.9. The van der Waals surface area contributed by atoms with Gasteiger partial charge in [-0.1, -0.05) is 31.9 Å². The molecule has 2 aromatic rings. The van der Waals surface area contributed by atoms with E-state index in [4.69, 9.17) is 0 Å². The average Bonchev–Trinajstić information content (AvgIpc) is 3.50. The maximum atomic E-state index is 13.4. The van der Waals surface area contributed by atoms with Crippen LogP contribution < -0.4 is 10.9 Å². The van der Waals surface area contributed by atoms with E-state index in [9.17, 15) is 19.2 Å². The first-order valence-corrected chi connectivity index (χ1v) is 13.2. The smallest absolute Gasteiger partial charge is 0.263 e. The minimum absolute atomic E-state index is 0.0108. The van der Waals surface area contributed by atoms with Gasteiger partial charge in [0.05, 0.1) is 18.8 Å². The summed E-state index contributed by atoms with van der Waals surface area (Å²) in [6.45, 7) is 5.84. The largest absolute Gasteiger partial charge is 0.354 e. The number of nitrogens with one attached hydrogen (secondary N) is 1. The SMILES string of the molecule is CCCC(CCC)C(=O)N1C[C@@H]2CC(=O)NCCN(C)C(=O)c3cccn(c3=O)Cc3cn(nn3)[C@@H]2C1. The number of hydrogen-bond acceptors (Lipinski definition) is 6. The van der Waals surface area contributed by atoms with Gasteiger partial charge in [0.1, 0.15) is 11.3 Å². The lowest BCUT2D eigenvalue weighted by molar-refractivity contribution is -0.135. The molecular formula is C26H37N7O4. The Morgan fingerprint density at radius 2 is 1.92 bits per heavy atom. The van der Waals surface area contributed by atoms with E-state index >= 15 is 0 Å². The van der Waals surface area contributed by atoms with E-state index in [0.29, 0.717) is 18.8 Å². The summed E-state index contributed by atoms with van der Waals surface area (Å²) in [6.07, 6.45) is 7.25. The molecule has 0 radical (unpaired) electrons. The van der Waals surface area contributed by atoms with Crippen molar-refractivity contribution in [1.82, 2.24) is 34.7 Å². The molecule has 0 aromatic carbocycles. The highest BCUT2D eigenvalue weighted by Crippen LogP contribution is 2.32. The molecule has 0 aliphatic carbocycles. The molecule has 200 valence electrons. The molecule has 4 bridgehead atoms. The van der Waals surface area contributed by atoms with Crippen LogP contribution in [-0.4, -0.2) is 80.3 Å². The fourth-order valence-corrected chi connectivity index (χ4v) is 5.41. The molecule has 37 heavy (non-hydrogen) atoms. The Balaban J connectivity index is 1.64. The minimum atomic E-state index is -0.404. The summed E-state index contributed by atoms with van der Waals surface area (Å²) in [4.78, 5) is 55.5. The zero-order valence-corrected chi connectivity index (χ0v) is 21.9. The average molecular weight is 512 g/mol. The number of nitrogens with zero attached hydrogens (tertiary/aromatic N) is 6. The second-order valence-electron chi connectivity index (χ2n) is 10.2. The van der Waals surface area contributed by atoms with Crippen molar-refractivity contribution in [2.45, 2.75) is 58.5 Å². The molecule has 2 aliphatic heterocycles. The summed E-state index contributed by atoms with van der Waals surface area (Å²) in [5.74, 6) is -0.531. The number of carbonyl (C=O) groups excluding carboxylic acids is 3. The third-order valence-electron chi connectivity index (χ3n) is 7.39. The Morgan fingerprint density at radius 3 is 2.65 bits per heavy atom.